The fraction of sp³-hybridized carbons (Fsp3) is 0.154. The Kier molecular flexibility index (Phi) is 6.54. The first-order valence-corrected chi connectivity index (χ1v) is 6.23. The summed E-state index contributed by atoms with van der Waals surface area (Å²) in [6.45, 7) is 3.72. The normalized spacial score (nSPS) is 11.0. The molecule has 0 spiro atoms. The van der Waals surface area contributed by atoms with Gasteiger partial charge in [0, 0.05) is 31.1 Å². The highest BCUT2D eigenvalue weighted by atomic mass is 16.5. The van der Waals surface area contributed by atoms with Gasteiger partial charge in [-0.15, -0.1) is 0 Å². The molecule has 0 radical (unpaired) electrons. The summed E-state index contributed by atoms with van der Waals surface area (Å²) in [6.07, 6.45) is 5.37. The van der Waals surface area contributed by atoms with Gasteiger partial charge in [-0.3, -0.25) is 16.3 Å². The molecule has 7 N–H and O–H groups in total. The number of urea groups is 1. The molecule has 0 atom stereocenters. The minimum absolute atomic E-state index is 0.0550. The average Bonchev–Trinajstić information content (AvgIpc) is 2.45. The molecule has 118 valence electrons. The minimum atomic E-state index is -0.518. The SMILES string of the molecule is C=Cc1nccc(NC(=O)NN(C)N)c1COC(N)=CC=N. The lowest BCUT2D eigenvalue weighted by Crippen LogP contribution is -2.46. The Morgan fingerprint density at radius 2 is 2.36 bits per heavy atom. The van der Waals surface area contributed by atoms with Gasteiger partial charge in [-0.25, -0.2) is 4.79 Å². The summed E-state index contributed by atoms with van der Waals surface area (Å²) in [6, 6.07) is 1.09. The number of rotatable bonds is 7. The number of hydrogen-bond acceptors (Lipinski definition) is 7. The highest BCUT2D eigenvalue weighted by Crippen LogP contribution is 2.20. The number of ether oxygens (including phenoxy) is 1. The van der Waals surface area contributed by atoms with E-state index >= 15 is 0 Å². The van der Waals surface area contributed by atoms with E-state index in [0.717, 1.165) is 11.3 Å². The number of pyridine rings is 1. The Morgan fingerprint density at radius 3 is 2.95 bits per heavy atom. The Balaban J connectivity index is 2.96. The predicted octanol–water partition coefficient (Wildman–Crippen LogP) is 0.533. The molecule has 22 heavy (non-hydrogen) atoms. The Bertz CT molecular complexity index is 584. The van der Waals surface area contributed by atoms with E-state index in [2.05, 4.69) is 22.3 Å². The zero-order valence-corrected chi connectivity index (χ0v) is 12.2. The molecule has 0 aromatic carbocycles. The van der Waals surface area contributed by atoms with E-state index in [4.69, 9.17) is 21.7 Å². The van der Waals surface area contributed by atoms with E-state index in [-0.39, 0.29) is 12.5 Å². The van der Waals surface area contributed by atoms with Crippen molar-refractivity contribution in [1.29, 1.82) is 5.41 Å². The van der Waals surface area contributed by atoms with Crippen molar-refractivity contribution in [2.75, 3.05) is 12.4 Å². The molecule has 0 aliphatic heterocycles. The molecule has 9 nitrogen and oxygen atoms in total. The van der Waals surface area contributed by atoms with Gasteiger partial charge < -0.3 is 21.2 Å². The molecule has 1 heterocycles. The highest BCUT2D eigenvalue weighted by molar-refractivity contribution is 5.90. The molecule has 0 saturated carbocycles. The number of anilines is 1. The Morgan fingerprint density at radius 1 is 1.64 bits per heavy atom. The topological polar surface area (TPSA) is 142 Å². The van der Waals surface area contributed by atoms with Crippen molar-refractivity contribution in [3.63, 3.8) is 0 Å². The van der Waals surface area contributed by atoms with Crippen molar-refractivity contribution in [2.24, 2.45) is 11.6 Å². The minimum Gasteiger partial charge on any atom is -0.474 e. The molecule has 0 bridgehead atoms. The van der Waals surface area contributed by atoms with E-state index in [9.17, 15) is 4.79 Å². The maximum atomic E-state index is 11.7. The Labute approximate surface area is 128 Å². The number of nitrogens with one attached hydrogen (secondary N) is 3. The van der Waals surface area contributed by atoms with Crippen LogP contribution in [0.4, 0.5) is 10.5 Å². The lowest BCUT2D eigenvalue weighted by molar-refractivity contribution is 0.196. The van der Waals surface area contributed by atoms with Crippen LogP contribution in [0.2, 0.25) is 0 Å². The van der Waals surface area contributed by atoms with Gasteiger partial charge >= 0.3 is 6.03 Å². The van der Waals surface area contributed by atoms with E-state index in [1.165, 1.54) is 25.4 Å². The molecule has 0 aliphatic rings. The van der Waals surface area contributed by atoms with E-state index in [1.807, 2.05) is 0 Å². The van der Waals surface area contributed by atoms with Crippen LogP contribution in [0, 0.1) is 5.41 Å². The van der Waals surface area contributed by atoms with Gasteiger partial charge in [0.1, 0.15) is 6.61 Å². The number of amides is 2. The van der Waals surface area contributed by atoms with Crippen molar-refractivity contribution < 1.29 is 9.53 Å². The third kappa shape index (κ3) is 5.23. The first kappa shape index (κ1) is 17.1. The second-order valence-corrected chi connectivity index (χ2v) is 4.13. The molecule has 2 amide bonds. The molecule has 1 aromatic heterocycles. The fourth-order valence-electron chi connectivity index (χ4n) is 1.55. The van der Waals surface area contributed by atoms with Crippen LogP contribution >= 0.6 is 0 Å². The molecule has 0 fully saturated rings. The second-order valence-electron chi connectivity index (χ2n) is 4.13. The maximum absolute atomic E-state index is 11.7. The van der Waals surface area contributed by atoms with Crippen LogP contribution in [-0.4, -0.2) is 29.4 Å². The summed E-state index contributed by atoms with van der Waals surface area (Å²) < 4.78 is 5.31. The van der Waals surface area contributed by atoms with Gasteiger partial charge in [0.05, 0.1) is 11.4 Å². The number of carbonyl (C=O) groups is 1. The summed E-state index contributed by atoms with van der Waals surface area (Å²) in [5.41, 5.74) is 9.52. The van der Waals surface area contributed by atoms with Crippen molar-refractivity contribution in [3.8, 4) is 0 Å². The fourth-order valence-corrected chi connectivity index (χ4v) is 1.55. The van der Waals surface area contributed by atoms with E-state index in [1.54, 1.807) is 6.07 Å². The lowest BCUT2D eigenvalue weighted by Gasteiger charge is -2.16. The first-order valence-electron chi connectivity index (χ1n) is 6.23. The van der Waals surface area contributed by atoms with Crippen LogP contribution in [-0.2, 0) is 11.3 Å². The summed E-state index contributed by atoms with van der Waals surface area (Å²) in [7, 11) is 1.48. The predicted molar refractivity (Wildman–Crippen MR) is 84.3 cm³/mol. The molecule has 1 rings (SSSR count). The van der Waals surface area contributed by atoms with Crippen molar-refractivity contribution in [3.05, 3.63) is 42.1 Å². The number of carbonyl (C=O) groups excluding carboxylic acids is 1. The van der Waals surface area contributed by atoms with Crippen molar-refractivity contribution in [2.45, 2.75) is 6.61 Å². The van der Waals surface area contributed by atoms with Crippen LogP contribution in [0.5, 0.6) is 0 Å². The summed E-state index contributed by atoms with van der Waals surface area (Å²) >= 11 is 0. The van der Waals surface area contributed by atoms with Gasteiger partial charge in [-0.2, -0.15) is 5.12 Å². The van der Waals surface area contributed by atoms with Crippen molar-refractivity contribution >= 4 is 24.0 Å². The molecule has 0 unspecified atom stereocenters. The van der Waals surface area contributed by atoms with Gasteiger partial charge in [-0.05, 0) is 12.1 Å². The monoisotopic (exact) mass is 305 g/mol. The lowest BCUT2D eigenvalue weighted by atomic mass is 10.1. The quantitative estimate of drug-likeness (QED) is 0.215. The van der Waals surface area contributed by atoms with Gasteiger partial charge in [0.2, 0.25) is 0 Å². The van der Waals surface area contributed by atoms with Crippen LogP contribution in [0.1, 0.15) is 11.3 Å². The van der Waals surface area contributed by atoms with Crippen molar-refractivity contribution in [1.82, 2.24) is 15.5 Å². The molecule has 0 aliphatic carbocycles. The molecular weight excluding hydrogens is 286 g/mol. The number of aromatic nitrogens is 1. The standard InChI is InChI=1S/C13H19N7O2/c1-3-10-9(8-22-12(15)4-6-14)11(5-7-17-10)18-13(21)19-20(2)16/h3-7,14H,1,8,15-16H2,2H3,(H2,17,18,19,21). The highest BCUT2D eigenvalue weighted by Gasteiger charge is 2.12. The van der Waals surface area contributed by atoms with Gasteiger partial charge in [-0.1, -0.05) is 6.58 Å². The average molecular weight is 305 g/mol. The smallest absolute Gasteiger partial charge is 0.334 e. The number of hydrazine groups is 2. The molecule has 0 saturated heterocycles. The van der Waals surface area contributed by atoms with Crippen LogP contribution in [0.15, 0.2) is 30.8 Å². The molecular formula is C13H19N7O2. The van der Waals surface area contributed by atoms with Gasteiger partial charge in [0.15, 0.2) is 5.88 Å². The van der Waals surface area contributed by atoms with Crippen LogP contribution in [0.3, 0.4) is 0 Å². The third-order valence-electron chi connectivity index (χ3n) is 2.44. The Hall–Kier alpha value is -2.91. The van der Waals surface area contributed by atoms with Crippen LogP contribution in [0.25, 0.3) is 6.08 Å². The van der Waals surface area contributed by atoms with Gasteiger partial charge in [0.25, 0.3) is 0 Å². The zero-order valence-electron chi connectivity index (χ0n) is 12.2. The largest absolute Gasteiger partial charge is 0.474 e. The number of hydrogen-bond donors (Lipinski definition) is 5. The first-order chi connectivity index (χ1) is 10.5. The number of allylic oxidation sites excluding steroid dienone is 1. The van der Waals surface area contributed by atoms with E-state index in [0.29, 0.717) is 16.9 Å². The summed E-state index contributed by atoms with van der Waals surface area (Å²) in [5, 5.41) is 10.6. The third-order valence-corrected chi connectivity index (χ3v) is 2.44. The maximum Gasteiger partial charge on any atom is 0.334 e. The second kappa shape index (κ2) is 8.39. The number of nitrogens with two attached hydrogens (primary N) is 2. The molecule has 9 heteroatoms. The number of nitrogens with zero attached hydrogens (tertiary/aromatic N) is 2. The van der Waals surface area contributed by atoms with Crippen LogP contribution < -0.4 is 22.3 Å². The summed E-state index contributed by atoms with van der Waals surface area (Å²) in [4.78, 5) is 15.9. The van der Waals surface area contributed by atoms with E-state index < -0.39 is 6.03 Å². The zero-order chi connectivity index (χ0) is 16.5. The molecule has 1 aromatic rings. The summed E-state index contributed by atoms with van der Waals surface area (Å²) in [5.74, 6) is 5.41.